The average molecular weight is 369 g/mol. The molecule has 2 fully saturated rings. The molecule has 0 bridgehead atoms. The van der Waals surface area contributed by atoms with E-state index in [9.17, 15) is 4.21 Å². The van der Waals surface area contributed by atoms with Crippen molar-refractivity contribution in [3.05, 3.63) is 35.8 Å². The first-order valence-corrected chi connectivity index (χ1v) is 10.7. The number of aryl methyl sites for hydroxylation is 1. The highest BCUT2D eigenvalue weighted by Gasteiger charge is 2.37. The number of anilines is 2. The summed E-state index contributed by atoms with van der Waals surface area (Å²) in [7, 11) is -0.978. The van der Waals surface area contributed by atoms with Gasteiger partial charge in [0.2, 0.25) is 5.95 Å². The number of fused-ring (bicyclic) bond motifs is 1. The molecule has 1 atom stereocenters. The molecule has 1 unspecified atom stereocenters. The van der Waals surface area contributed by atoms with Crippen molar-refractivity contribution in [1.29, 1.82) is 0 Å². The maximum Gasteiger partial charge on any atom is 0.227 e. The Balaban J connectivity index is 1.41. The van der Waals surface area contributed by atoms with Gasteiger partial charge in [0.05, 0.1) is 16.5 Å². The molecular weight excluding hydrogens is 346 g/mol. The lowest BCUT2D eigenvalue weighted by Crippen LogP contribution is -2.46. The van der Waals surface area contributed by atoms with Gasteiger partial charge in [-0.2, -0.15) is 4.98 Å². The first-order valence-electron chi connectivity index (χ1n) is 9.34. The molecule has 6 nitrogen and oxygen atoms in total. The standard InChI is InChI=1S/C19H23N5OS/c1-19(6-3-7-19)23-17-16-15(5-9-26(16)25)21-18(22-17)24-11-14(12-24)13-4-2-8-20-10-13/h2,4,8,10,14H,3,5-7,9,11-12H2,1H3,(H,21,22,23). The predicted molar refractivity (Wildman–Crippen MR) is 102 cm³/mol. The maximum absolute atomic E-state index is 12.5. The molecule has 0 radical (unpaired) electrons. The number of hydrogen-bond donors (Lipinski definition) is 1. The van der Waals surface area contributed by atoms with Crippen molar-refractivity contribution < 1.29 is 4.21 Å². The second-order valence-electron chi connectivity index (χ2n) is 7.88. The van der Waals surface area contributed by atoms with E-state index in [0.29, 0.717) is 11.7 Å². The van der Waals surface area contributed by atoms with Crippen LogP contribution in [0.3, 0.4) is 0 Å². The van der Waals surface area contributed by atoms with Crippen molar-refractivity contribution in [3.8, 4) is 0 Å². The Hall–Kier alpha value is -2.02. The Bertz CT molecular complexity index is 862. The van der Waals surface area contributed by atoms with Crippen molar-refractivity contribution in [3.63, 3.8) is 0 Å². The Morgan fingerprint density at radius 1 is 1.31 bits per heavy atom. The van der Waals surface area contributed by atoms with E-state index in [0.717, 1.165) is 54.7 Å². The molecule has 136 valence electrons. The monoisotopic (exact) mass is 369 g/mol. The van der Waals surface area contributed by atoms with Gasteiger partial charge in [-0.05, 0) is 37.8 Å². The fraction of sp³-hybridized carbons (Fsp3) is 0.526. The number of nitrogens with zero attached hydrogens (tertiary/aromatic N) is 4. The Kier molecular flexibility index (Phi) is 3.74. The van der Waals surface area contributed by atoms with Crippen LogP contribution in [0.25, 0.3) is 0 Å². The number of pyridine rings is 1. The summed E-state index contributed by atoms with van der Waals surface area (Å²) in [6.45, 7) is 4.04. The normalized spacial score (nSPS) is 23.9. The molecule has 1 N–H and O–H groups in total. The molecule has 1 saturated heterocycles. The van der Waals surface area contributed by atoms with Crippen LogP contribution in [0.15, 0.2) is 29.4 Å². The Morgan fingerprint density at radius 2 is 2.15 bits per heavy atom. The first kappa shape index (κ1) is 16.2. The van der Waals surface area contributed by atoms with Gasteiger partial charge < -0.3 is 10.2 Å². The van der Waals surface area contributed by atoms with E-state index < -0.39 is 10.8 Å². The molecule has 0 aromatic carbocycles. The average Bonchev–Trinajstić information content (AvgIpc) is 2.94. The lowest BCUT2D eigenvalue weighted by Gasteiger charge is -2.41. The minimum Gasteiger partial charge on any atom is -0.364 e. The van der Waals surface area contributed by atoms with Gasteiger partial charge in [-0.1, -0.05) is 6.07 Å². The van der Waals surface area contributed by atoms with E-state index in [4.69, 9.17) is 9.97 Å². The summed E-state index contributed by atoms with van der Waals surface area (Å²) in [5.74, 6) is 2.72. The Labute approximate surface area is 155 Å². The van der Waals surface area contributed by atoms with E-state index in [1.807, 2.05) is 18.5 Å². The minimum atomic E-state index is -0.978. The topological polar surface area (TPSA) is 71.0 Å². The number of rotatable bonds is 4. The number of nitrogens with one attached hydrogen (secondary N) is 1. The Morgan fingerprint density at radius 3 is 2.85 bits per heavy atom. The second-order valence-corrected chi connectivity index (χ2v) is 9.38. The summed E-state index contributed by atoms with van der Waals surface area (Å²) >= 11 is 0. The van der Waals surface area contributed by atoms with Crippen LogP contribution in [0.2, 0.25) is 0 Å². The van der Waals surface area contributed by atoms with Crippen LogP contribution < -0.4 is 10.2 Å². The number of hydrogen-bond acceptors (Lipinski definition) is 6. The summed E-state index contributed by atoms with van der Waals surface area (Å²) in [6.07, 6.45) is 8.05. The molecule has 2 aromatic heterocycles. The molecule has 1 aliphatic carbocycles. The van der Waals surface area contributed by atoms with Crippen molar-refractivity contribution in [2.24, 2.45) is 0 Å². The lowest BCUT2D eigenvalue weighted by molar-refractivity contribution is 0.305. The van der Waals surface area contributed by atoms with Gasteiger partial charge in [0.25, 0.3) is 0 Å². The molecule has 0 amide bonds. The smallest absolute Gasteiger partial charge is 0.227 e. The molecule has 2 aromatic rings. The molecular formula is C19H23N5OS. The van der Waals surface area contributed by atoms with Gasteiger partial charge in [0.15, 0.2) is 0 Å². The lowest BCUT2D eigenvalue weighted by atomic mass is 9.78. The largest absolute Gasteiger partial charge is 0.364 e. The van der Waals surface area contributed by atoms with Crippen molar-refractivity contribution in [2.45, 2.75) is 49.0 Å². The molecule has 7 heteroatoms. The highest BCUT2D eigenvalue weighted by atomic mass is 32.2. The molecule has 5 rings (SSSR count). The summed E-state index contributed by atoms with van der Waals surface area (Å²) < 4.78 is 12.5. The van der Waals surface area contributed by atoms with Crippen molar-refractivity contribution >= 4 is 22.6 Å². The van der Waals surface area contributed by atoms with Gasteiger partial charge >= 0.3 is 0 Å². The zero-order valence-corrected chi connectivity index (χ0v) is 15.8. The van der Waals surface area contributed by atoms with Crippen LogP contribution in [0.4, 0.5) is 11.8 Å². The summed E-state index contributed by atoms with van der Waals surface area (Å²) in [4.78, 5) is 16.8. The van der Waals surface area contributed by atoms with Crippen LogP contribution in [0.1, 0.15) is 43.4 Å². The highest BCUT2D eigenvalue weighted by Crippen LogP contribution is 2.39. The van der Waals surface area contributed by atoms with E-state index in [1.54, 1.807) is 0 Å². The van der Waals surface area contributed by atoms with Crippen LogP contribution in [-0.4, -0.2) is 43.5 Å². The van der Waals surface area contributed by atoms with Crippen LogP contribution in [-0.2, 0) is 17.2 Å². The summed E-state index contributed by atoms with van der Waals surface area (Å²) in [5, 5.41) is 3.59. The minimum absolute atomic E-state index is 0.0827. The van der Waals surface area contributed by atoms with E-state index >= 15 is 0 Å². The fourth-order valence-electron chi connectivity index (χ4n) is 4.00. The molecule has 2 aliphatic heterocycles. The van der Waals surface area contributed by atoms with Gasteiger partial charge in [-0.3, -0.25) is 9.19 Å². The predicted octanol–water partition coefficient (Wildman–Crippen LogP) is 2.49. The van der Waals surface area contributed by atoms with Crippen molar-refractivity contribution in [1.82, 2.24) is 15.0 Å². The van der Waals surface area contributed by atoms with Gasteiger partial charge in [0.1, 0.15) is 10.7 Å². The zero-order valence-electron chi connectivity index (χ0n) is 14.9. The second kappa shape index (κ2) is 6.01. The highest BCUT2D eigenvalue weighted by molar-refractivity contribution is 7.85. The van der Waals surface area contributed by atoms with Crippen LogP contribution in [0, 0.1) is 0 Å². The molecule has 3 aliphatic rings. The molecule has 4 heterocycles. The van der Waals surface area contributed by atoms with Crippen molar-refractivity contribution in [2.75, 3.05) is 29.1 Å². The van der Waals surface area contributed by atoms with Crippen LogP contribution in [0.5, 0.6) is 0 Å². The van der Waals surface area contributed by atoms with Gasteiger partial charge in [-0.25, -0.2) is 4.98 Å². The molecule has 26 heavy (non-hydrogen) atoms. The van der Waals surface area contributed by atoms with Crippen LogP contribution >= 0.6 is 0 Å². The number of aromatic nitrogens is 3. The third kappa shape index (κ3) is 2.69. The maximum atomic E-state index is 12.5. The summed E-state index contributed by atoms with van der Waals surface area (Å²) in [5.41, 5.74) is 2.31. The molecule has 0 spiro atoms. The van der Waals surface area contributed by atoms with Gasteiger partial charge in [-0.15, -0.1) is 0 Å². The van der Waals surface area contributed by atoms with E-state index in [2.05, 4.69) is 28.2 Å². The van der Waals surface area contributed by atoms with Gasteiger partial charge in [0, 0.05) is 49.1 Å². The van der Waals surface area contributed by atoms with E-state index in [-0.39, 0.29) is 5.54 Å². The zero-order chi connectivity index (χ0) is 17.7. The summed E-state index contributed by atoms with van der Waals surface area (Å²) in [6, 6.07) is 4.12. The third-order valence-corrected chi connectivity index (χ3v) is 7.33. The molecule has 1 saturated carbocycles. The SMILES string of the molecule is CC1(Nc2nc(N3CC(c4cccnc4)C3)nc3c2S(=O)CC3)CCC1. The third-order valence-electron chi connectivity index (χ3n) is 5.87. The first-order chi connectivity index (χ1) is 12.6. The van der Waals surface area contributed by atoms with E-state index in [1.165, 1.54) is 12.0 Å². The quantitative estimate of drug-likeness (QED) is 0.893. The fourth-order valence-corrected chi connectivity index (χ4v) is 5.30.